The predicted octanol–water partition coefficient (Wildman–Crippen LogP) is 1.10. The van der Waals surface area contributed by atoms with Gasteiger partial charge in [0.1, 0.15) is 6.04 Å². The Labute approximate surface area is 125 Å². The molecule has 2 heterocycles. The average molecular weight is 296 g/mol. The van der Waals surface area contributed by atoms with E-state index >= 15 is 0 Å². The van der Waals surface area contributed by atoms with E-state index in [1.807, 2.05) is 6.92 Å². The van der Waals surface area contributed by atoms with E-state index < -0.39 is 11.9 Å². The summed E-state index contributed by atoms with van der Waals surface area (Å²) in [6.07, 6.45) is 4.15. The Balaban J connectivity index is 2.01. The minimum absolute atomic E-state index is 0.0418. The standard InChI is InChI=1S/C15H24N2O4/c1-2-5-13(18)17-9-4-7-12(17)14(19)16-8-3-6-11(10-16)15(20)21/h11-12H,2-10H2,1H3,(H,20,21)/t11-,12?/m0/s1. The van der Waals surface area contributed by atoms with Crippen molar-refractivity contribution >= 4 is 17.8 Å². The summed E-state index contributed by atoms with van der Waals surface area (Å²) in [6, 6.07) is -0.378. The lowest BCUT2D eigenvalue weighted by molar-refractivity contribution is -0.149. The van der Waals surface area contributed by atoms with Crippen LogP contribution in [0.3, 0.4) is 0 Å². The van der Waals surface area contributed by atoms with E-state index in [1.54, 1.807) is 9.80 Å². The van der Waals surface area contributed by atoms with Gasteiger partial charge in [0.2, 0.25) is 11.8 Å². The first-order valence-electron chi connectivity index (χ1n) is 7.85. The van der Waals surface area contributed by atoms with Crippen molar-refractivity contribution in [2.45, 2.75) is 51.5 Å². The summed E-state index contributed by atoms with van der Waals surface area (Å²) in [5.74, 6) is -1.33. The fraction of sp³-hybridized carbons (Fsp3) is 0.800. The molecule has 0 aromatic carbocycles. The number of hydrogen-bond acceptors (Lipinski definition) is 3. The largest absolute Gasteiger partial charge is 0.481 e. The second-order valence-electron chi connectivity index (χ2n) is 5.96. The lowest BCUT2D eigenvalue weighted by Gasteiger charge is -2.34. The van der Waals surface area contributed by atoms with Crippen LogP contribution in [-0.4, -0.2) is 58.4 Å². The predicted molar refractivity (Wildman–Crippen MR) is 76.6 cm³/mol. The van der Waals surface area contributed by atoms with E-state index in [4.69, 9.17) is 5.11 Å². The van der Waals surface area contributed by atoms with E-state index in [-0.39, 0.29) is 24.4 Å². The van der Waals surface area contributed by atoms with Crippen LogP contribution in [0.5, 0.6) is 0 Å². The van der Waals surface area contributed by atoms with Crippen molar-refractivity contribution in [1.29, 1.82) is 0 Å². The van der Waals surface area contributed by atoms with Gasteiger partial charge in [-0.25, -0.2) is 0 Å². The molecule has 6 heteroatoms. The van der Waals surface area contributed by atoms with Gasteiger partial charge in [-0.1, -0.05) is 6.92 Å². The Morgan fingerprint density at radius 2 is 1.86 bits per heavy atom. The molecule has 2 aliphatic heterocycles. The molecule has 1 unspecified atom stereocenters. The molecule has 0 radical (unpaired) electrons. The Kier molecular flexibility index (Phi) is 5.20. The molecule has 0 aliphatic carbocycles. The molecule has 2 atom stereocenters. The number of carboxylic acid groups (broad SMARTS) is 1. The van der Waals surface area contributed by atoms with Gasteiger partial charge in [-0.15, -0.1) is 0 Å². The highest BCUT2D eigenvalue weighted by atomic mass is 16.4. The topological polar surface area (TPSA) is 77.9 Å². The molecular formula is C15H24N2O4. The molecule has 6 nitrogen and oxygen atoms in total. The second-order valence-corrected chi connectivity index (χ2v) is 5.96. The summed E-state index contributed by atoms with van der Waals surface area (Å²) in [6.45, 7) is 3.48. The number of amides is 2. The highest BCUT2D eigenvalue weighted by molar-refractivity contribution is 5.88. The van der Waals surface area contributed by atoms with Gasteiger partial charge in [-0.3, -0.25) is 14.4 Å². The normalized spacial score (nSPS) is 26.0. The molecular weight excluding hydrogens is 272 g/mol. The van der Waals surface area contributed by atoms with Crippen LogP contribution in [-0.2, 0) is 14.4 Å². The molecule has 21 heavy (non-hydrogen) atoms. The van der Waals surface area contributed by atoms with Crippen LogP contribution >= 0.6 is 0 Å². The number of hydrogen-bond donors (Lipinski definition) is 1. The first kappa shape index (κ1) is 15.8. The molecule has 118 valence electrons. The maximum absolute atomic E-state index is 12.6. The third-order valence-electron chi connectivity index (χ3n) is 4.40. The molecule has 1 N–H and O–H groups in total. The number of aliphatic carboxylic acids is 1. The van der Waals surface area contributed by atoms with E-state index in [1.165, 1.54) is 0 Å². The van der Waals surface area contributed by atoms with Crippen LogP contribution < -0.4 is 0 Å². The molecule has 0 bridgehead atoms. The monoisotopic (exact) mass is 296 g/mol. The van der Waals surface area contributed by atoms with Crippen LogP contribution in [0.4, 0.5) is 0 Å². The fourth-order valence-corrected chi connectivity index (χ4v) is 3.27. The van der Waals surface area contributed by atoms with Gasteiger partial charge < -0.3 is 14.9 Å². The molecule has 2 fully saturated rings. The minimum atomic E-state index is -0.835. The molecule has 2 saturated heterocycles. The minimum Gasteiger partial charge on any atom is -0.481 e. The van der Waals surface area contributed by atoms with Gasteiger partial charge in [-0.05, 0) is 32.1 Å². The van der Waals surface area contributed by atoms with Crippen LogP contribution in [0.25, 0.3) is 0 Å². The van der Waals surface area contributed by atoms with Crippen molar-refractivity contribution < 1.29 is 19.5 Å². The Morgan fingerprint density at radius 1 is 1.14 bits per heavy atom. The van der Waals surface area contributed by atoms with E-state index in [2.05, 4.69) is 0 Å². The van der Waals surface area contributed by atoms with Crippen molar-refractivity contribution in [3.05, 3.63) is 0 Å². The summed E-state index contributed by atoms with van der Waals surface area (Å²) < 4.78 is 0. The molecule has 2 amide bonds. The zero-order chi connectivity index (χ0) is 15.4. The first-order chi connectivity index (χ1) is 10.0. The van der Waals surface area contributed by atoms with E-state index in [9.17, 15) is 14.4 Å². The number of carbonyl (C=O) groups is 3. The molecule has 0 aromatic rings. The zero-order valence-corrected chi connectivity index (χ0v) is 12.6. The summed E-state index contributed by atoms with van der Waals surface area (Å²) in [5, 5.41) is 9.11. The van der Waals surface area contributed by atoms with Crippen LogP contribution in [0, 0.1) is 5.92 Å². The molecule has 2 rings (SSSR count). The van der Waals surface area contributed by atoms with Crippen LogP contribution in [0.2, 0.25) is 0 Å². The summed E-state index contributed by atoms with van der Waals surface area (Å²) in [4.78, 5) is 39.1. The molecule has 2 aliphatic rings. The van der Waals surface area contributed by atoms with Gasteiger partial charge in [0, 0.05) is 26.1 Å². The van der Waals surface area contributed by atoms with Crippen LogP contribution in [0.15, 0.2) is 0 Å². The molecule has 0 saturated carbocycles. The smallest absolute Gasteiger partial charge is 0.308 e. The zero-order valence-electron chi connectivity index (χ0n) is 12.6. The maximum atomic E-state index is 12.6. The Bertz CT molecular complexity index is 424. The summed E-state index contributed by atoms with van der Waals surface area (Å²) >= 11 is 0. The lowest BCUT2D eigenvalue weighted by Crippen LogP contribution is -2.51. The van der Waals surface area contributed by atoms with Gasteiger partial charge >= 0.3 is 5.97 Å². The maximum Gasteiger partial charge on any atom is 0.308 e. The van der Waals surface area contributed by atoms with Crippen molar-refractivity contribution in [2.75, 3.05) is 19.6 Å². The fourth-order valence-electron chi connectivity index (χ4n) is 3.27. The Morgan fingerprint density at radius 3 is 2.52 bits per heavy atom. The lowest BCUT2D eigenvalue weighted by atomic mass is 9.97. The van der Waals surface area contributed by atoms with Gasteiger partial charge in [0.25, 0.3) is 0 Å². The SMILES string of the molecule is CCCC(=O)N1CCCC1C(=O)N1CCC[C@H](C(=O)O)C1. The third-order valence-corrected chi connectivity index (χ3v) is 4.40. The molecule has 0 spiro atoms. The highest BCUT2D eigenvalue weighted by Gasteiger charge is 2.38. The van der Waals surface area contributed by atoms with E-state index in [0.29, 0.717) is 32.4 Å². The number of rotatable bonds is 4. The number of piperidine rings is 1. The summed E-state index contributed by atoms with van der Waals surface area (Å²) in [5.41, 5.74) is 0. The Hall–Kier alpha value is -1.59. The highest BCUT2D eigenvalue weighted by Crippen LogP contribution is 2.24. The van der Waals surface area contributed by atoms with Crippen molar-refractivity contribution in [3.8, 4) is 0 Å². The average Bonchev–Trinajstić information content (AvgIpc) is 2.96. The molecule has 0 aromatic heterocycles. The van der Waals surface area contributed by atoms with Gasteiger partial charge in [0.05, 0.1) is 5.92 Å². The third kappa shape index (κ3) is 3.54. The number of likely N-dealkylation sites (tertiary alicyclic amines) is 2. The van der Waals surface area contributed by atoms with Crippen LogP contribution in [0.1, 0.15) is 45.4 Å². The quantitative estimate of drug-likeness (QED) is 0.842. The van der Waals surface area contributed by atoms with E-state index in [0.717, 1.165) is 19.3 Å². The first-order valence-corrected chi connectivity index (χ1v) is 7.85. The summed E-state index contributed by atoms with van der Waals surface area (Å²) in [7, 11) is 0. The van der Waals surface area contributed by atoms with Crippen molar-refractivity contribution in [1.82, 2.24) is 9.80 Å². The van der Waals surface area contributed by atoms with Gasteiger partial charge in [0.15, 0.2) is 0 Å². The number of carbonyl (C=O) groups excluding carboxylic acids is 2. The van der Waals surface area contributed by atoms with Crippen molar-refractivity contribution in [2.24, 2.45) is 5.92 Å². The van der Waals surface area contributed by atoms with Gasteiger partial charge in [-0.2, -0.15) is 0 Å². The number of carboxylic acids is 1. The second kappa shape index (κ2) is 6.91. The number of nitrogens with zero attached hydrogens (tertiary/aromatic N) is 2. The van der Waals surface area contributed by atoms with Crippen molar-refractivity contribution in [3.63, 3.8) is 0 Å².